The highest BCUT2D eigenvalue weighted by atomic mass is 35.5. The minimum atomic E-state index is -0.354. The van der Waals surface area contributed by atoms with Gasteiger partial charge in [-0.2, -0.15) is 4.98 Å². The summed E-state index contributed by atoms with van der Waals surface area (Å²) in [6.07, 6.45) is 2.58. The van der Waals surface area contributed by atoms with Crippen molar-refractivity contribution >= 4 is 58.4 Å². The van der Waals surface area contributed by atoms with Gasteiger partial charge in [0.2, 0.25) is 17.8 Å². The summed E-state index contributed by atoms with van der Waals surface area (Å²) in [4.78, 5) is 39.0. The number of carbonyl (C=O) groups is 2. The lowest BCUT2D eigenvalue weighted by Crippen LogP contribution is -2.53. The topological polar surface area (TPSA) is 81.7 Å². The molecule has 33 heavy (non-hydrogen) atoms. The molecular formula is C22H25Cl3N6O2. The van der Waals surface area contributed by atoms with E-state index in [2.05, 4.69) is 15.3 Å². The van der Waals surface area contributed by atoms with Crippen molar-refractivity contribution in [3.63, 3.8) is 0 Å². The third-order valence-electron chi connectivity index (χ3n) is 6.17. The second-order valence-corrected chi connectivity index (χ2v) is 9.52. The molecule has 176 valence electrons. The monoisotopic (exact) mass is 510 g/mol. The standard InChI is InChI=1S/C22H25Cl3N6O2/c1-13(15-4-3-14(23)11-16(15)24)27-20-17(25)12-26-22(28-20)31-9-7-30(8-10-31)21(33)18-5-6-19(32)29(18)2/h3-4,11-13,18H,5-10H2,1-2H3,(H,26,27,28)/t13-,18-/m1/s1. The minimum Gasteiger partial charge on any atom is -0.362 e. The first-order valence-electron chi connectivity index (χ1n) is 10.8. The van der Waals surface area contributed by atoms with Crippen molar-refractivity contribution in [3.8, 4) is 0 Å². The number of carbonyl (C=O) groups excluding carboxylic acids is 2. The zero-order valence-electron chi connectivity index (χ0n) is 18.4. The number of rotatable bonds is 5. The van der Waals surface area contributed by atoms with Gasteiger partial charge >= 0.3 is 0 Å². The number of piperazine rings is 1. The summed E-state index contributed by atoms with van der Waals surface area (Å²) < 4.78 is 0. The smallest absolute Gasteiger partial charge is 0.245 e. The van der Waals surface area contributed by atoms with Crippen molar-refractivity contribution < 1.29 is 9.59 Å². The number of anilines is 2. The number of likely N-dealkylation sites (N-methyl/N-ethyl adjacent to an activating group) is 1. The first-order valence-corrected chi connectivity index (χ1v) is 11.9. The Morgan fingerprint density at radius 3 is 2.52 bits per heavy atom. The average Bonchev–Trinajstić information content (AvgIpc) is 3.13. The molecule has 1 aromatic carbocycles. The van der Waals surface area contributed by atoms with Crippen LogP contribution in [0.4, 0.5) is 11.8 Å². The van der Waals surface area contributed by atoms with Crippen molar-refractivity contribution in [2.45, 2.75) is 31.8 Å². The Labute approximate surface area is 207 Å². The molecule has 0 aliphatic carbocycles. The summed E-state index contributed by atoms with van der Waals surface area (Å²) in [5.41, 5.74) is 0.875. The lowest BCUT2D eigenvalue weighted by molar-refractivity contribution is -0.140. The van der Waals surface area contributed by atoms with Crippen LogP contribution in [0.15, 0.2) is 24.4 Å². The fraction of sp³-hybridized carbons (Fsp3) is 0.455. The average molecular weight is 512 g/mol. The lowest BCUT2D eigenvalue weighted by Gasteiger charge is -2.37. The first kappa shape index (κ1) is 23.9. The Hall–Kier alpha value is -2.29. The van der Waals surface area contributed by atoms with E-state index < -0.39 is 0 Å². The van der Waals surface area contributed by atoms with E-state index in [4.69, 9.17) is 34.8 Å². The van der Waals surface area contributed by atoms with Gasteiger partial charge in [-0.25, -0.2) is 4.98 Å². The summed E-state index contributed by atoms with van der Waals surface area (Å²) in [6.45, 7) is 4.24. The molecule has 3 heterocycles. The van der Waals surface area contributed by atoms with Gasteiger partial charge in [0.15, 0.2) is 5.82 Å². The summed E-state index contributed by atoms with van der Waals surface area (Å²) in [5.74, 6) is 1.08. The molecule has 2 aromatic rings. The Kier molecular flexibility index (Phi) is 7.16. The van der Waals surface area contributed by atoms with Crippen LogP contribution in [-0.2, 0) is 9.59 Å². The lowest BCUT2D eigenvalue weighted by atomic mass is 10.1. The van der Waals surface area contributed by atoms with Crippen LogP contribution in [0.25, 0.3) is 0 Å². The molecule has 0 unspecified atom stereocenters. The van der Waals surface area contributed by atoms with Crippen LogP contribution < -0.4 is 10.2 Å². The highest BCUT2D eigenvalue weighted by Crippen LogP contribution is 2.31. The second-order valence-electron chi connectivity index (χ2n) is 8.27. The van der Waals surface area contributed by atoms with Crippen LogP contribution in [0.1, 0.15) is 31.4 Å². The summed E-state index contributed by atoms with van der Waals surface area (Å²) >= 11 is 18.7. The summed E-state index contributed by atoms with van der Waals surface area (Å²) in [6, 6.07) is 4.84. The maximum atomic E-state index is 12.8. The molecule has 4 rings (SSSR count). The van der Waals surface area contributed by atoms with Crippen molar-refractivity contribution in [2.24, 2.45) is 0 Å². The number of hydrogen-bond acceptors (Lipinski definition) is 6. The van der Waals surface area contributed by atoms with Crippen molar-refractivity contribution in [3.05, 3.63) is 45.0 Å². The highest BCUT2D eigenvalue weighted by molar-refractivity contribution is 6.35. The number of amides is 2. The van der Waals surface area contributed by atoms with Crippen LogP contribution in [0, 0.1) is 0 Å². The van der Waals surface area contributed by atoms with E-state index in [-0.39, 0.29) is 23.9 Å². The zero-order valence-corrected chi connectivity index (χ0v) is 20.7. The molecule has 0 radical (unpaired) electrons. The number of halogens is 3. The van der Waals surface area contributed by atoms with Gasteiger partial charge in [0, 0.05) is 49.7 Å². The molecule has 2 fully saturated rings. The van der Waals surface area contributed by atoms with Crippen LogP contribution >= 0.6 is 34.8 Å². The molecule has 0 bridgehead atoms. The molecule has 2 amide bonds. The zero-order chi connectivity index (χ0) is 23.7. The van der Waals surface area contributed by atoms with Gasteiger partial charge in [-0.05, 0) is 31.0 Å². The quantitative estimate of drug-likeness (QED) is 0.656. The van der Waals surface area contributed by atoms with Gasteiger partial charge in [0.05, 0.1) is 12.2 Å². The summed E-state index contributed by atoms with van der Waals surface area (Å²) in [7, 11) is 1.70. The number of nitrogens with zero attached hydrogens (tertiary/aromatic N) is 5. The number of benzene rings is 1. The van der Waals surface area contributed by atoms with Gasteiger partial charge in [0.25, 0.3) is 0 Å². The Balaban J connectivity index is 1.41. The Bertz CT molecular complexity index is 1060. The van der Waals surface area contributed by atoms with Gasteiger partial charge in [-0.15, -0.1) is 0 Å². The molecule has 2 atom stereocenters. The van der Waals surface area contributed by atoms with Gasteiger partial charge in [-0.3, -0.25) is 9.59 Å². The molecular weight excluding hydrogens is 487 g/mol. The molecule has 2 aliphatic heterocycles. The van der Waals surface area contributed by atoms with E-state index in [0.717, 1.165) is 5.56 Å². The molecule has 0 saturated carbocycles. The fourth-order valence-corrected chi connectivity index (χ4v) is 4.90. The van der Waals surface area contributed by atoms with E-state index in [1.807, 2.05) is 22.8 Å². The maximum absolute atomic E-state index is 12.8. The van der Waals surface area contributed by atoms with E-state index in [1.54, 1.807) is 30.3 Å². The molecule has 2 saturated heterocycles. The highest BCUT2D eigenvalue weighted by Gasteiger charge is 2.36. The van der Waals surface area contributed by atoms with E-state index in [0.29, 0.717) is 65.9 Å². The van der Waals surface area contributed by atoms with Crippen molar-refractivity contribution in [2.75, 3.05) is 43.4 Å². The predicted octanol–water partition coefficient (Wildman–Crippen LogP) is 3.88. The van der Waals surface area contributed by atoms with E-state index >= 15 is 0 Å². The van der Waals surface area contributed by atoms with Crippen LogP contribution in [0.3, 0.4) is 0 Å². The molecule has 1 aromatic heterocycles. The Morgan fingerprint density at radius 1 is 1.15 bits per heavy atom. The number of hydrogen-bond donors (Lipinski definition) is 1. The summed E-state index contributed by atoms with van der Waals surface area (Å²) in [5, 5.41) is 4.83. The Morgan fingerprint density at radius 2 is 1.88 bits per heavy atom. The predicted molar refractivity (Wildman–Crippen MR) is 130 cm³/mol. The van der Waals surface area contributed by atoms with Gasteiger partial charge in [-0.1, -0.05) is 40.9 Å². The largest absolute Gasteiger partial charge is 0.362 e. The molecule has 2 aliphatic rings. The number of nitrogens with one attached hydrogen (secondary N) is 1. The van der Waals surface area contributed by atoms with E-state index in [9.17, 15) is 9.59 Å². The number of likely N-dealkylation sites (tertiary alicyclic amines) is 1. The third kappa shape index (κ3) is 5.13. The van der Waals surface area contributed by atoms with E-state index in [1.165, 1.54) is 0 Å². The van der Waals surface area contributed by atoms with Gasteiger partial charge in [0.1, 0.15) is 11.1 Å². The molecule has 11 heteroatoms. The molecule has 1 N–H and O–H groups in total. The second kappa shape index (κ2) is 9.91. The van der Waals surface area contributed by atoms with Crippen molar-refractivity contribution in [1.82, 2.24) is 19.8 Å². The van der Waals surface area contributed by atoms with Crippen molar-refractivity contribution in [1.29, 1.82) is 0 Å². The SMILES string of the molecule is C[C@@H](Nc1nc(N2CCN(C(=O)[C@H]3CCC(=O)N3C)CC2)ncc1Cl)c1ccc(Cl)cc1Cl. The van der Waals surface area contributed by atoms with Crippen LogP contribution in [0.5, 0.6) is 0 Å². The fourth-order valence-electron chi connectivity index (χ4n) is 4.18. The van der Waals surface area contributed by atoms with Crippen LogP contribution in [0.2, 0.25) is 15.1 Å². The minimum absolute atomic E-state index is 0.0102. The number of aromatic nitrogens is 2. The normalized spacial score (nSPS) is 19.7. The maximum Gasteiger partial charge on any atom is 0.245 e. The third-order valence-corrected chi connectivity index (χ3v) is 7.00. The molecule has 8 nitrogen and oxygen atoms in total. The first-order chi connectivity index (χ1) is 15.7. The van der Waals surface area contributed by atoms with Gasteiger partial charge < -0.3 is 20.0 Å². The van der Waals surface area contributed by atoms with Crippen LogP contribution in [-0.4, -0.2) is 70.9 Å². The molecule has 0 spiro atoms.